The number of amides is 2. The summed E-state index contributed by atoms with van der Waals surface area (Å²) in [7, 11) is -2.14. The highest BCUT2D eigenvalue weighted by molar-refractivity contribution is 7.89. The molecule has 2 amide bonds. The Kier molecular flexibility index (Phi) is 8.48. The molecule has 0 aliphatic rings. The number of anilines is 1. The van der Waals surface area contributed by atoms with Crippen LogP contribution in [0.4, 0.5) is 5.69 Å². The molecule has 10 heteroatoms. The smallest absolute Gasteiger partial charge is 0.282 e. The Bertz CT molecular complexity index is 751. The third-order valence-electron chi connectivity index (χ3n) is 3.89. The van der Waals surface area contributed by atoms with E-state index in [1.54, 1.807) is 26.1 Å². The molecule has 4 N–H and O–H groups in total. The summed E-state index contributed by atoms with van der Waals surface area (Å²) in [6.45, 7) is 5.94. The summed E-state index contributed by atoms with van der Waals surface area (Å²) in [6.07, 6.45) is 0. The lowest BCUT2D eigenvalue weighted by atomic mass is 10.2. The van der Waals surface area contributed by atoms with E-state index >= 15 is 0 Å². The maximum absolute atomic E-state index is 12.6. The second-order valence-corrected chi connectivity index (χ2v) is 7.97. The van der Waals surface area contributed by atoms with Gasteiger partial charge in [-0.15, -0.1) is 0 Å². The summed E-state index contributed by atoms with van der Waals surface area (Å²) in [5.41, 5.74) is 0.213. The van der Waals surface area contributed by atoms with Crippen LogP contribution >= 0.6 is 11.6 Å². The lowest BCUT2D eigenvalue weighted by molar-refractivity contribution is -0.662. The number of hydrogen-bond acceptors (Lipinski definition) is 4. The molecule has 146 valence electrons. The third kappa shape index (κ3) is 5.66. The number of nitrogens with one attached hydrogen (secondary N) is 2. The number of likely N-dealkylation sites (N-methyl/N-ethyl adjacent to an activating group) is 1. The van der Waals surface area contributed by atoms with Crippen molar-refractivity contribution in [3.05, 3.63) is 23.2 Å². The van der Waals surface area contributed by atoms with Crippen LogP contribution in [0.25, 0.3) is 0 Å². The molecule has 0 aromatic heterocycles. The molecule has 0 saturated carbocycles. The Balaban J connectivity index is 2.97. The third-order valence-corrected chi connectivity index (χ3v) is 6.26. The molecule has 0 unspecified atom stereocenters. The number of nitrogens with two attached hydrogens (primary N) is 1. The van der Waals surface area contributed by atoms with Crippen molar-refractivity contribution < 1.29 is 23.3 Å². The second-order valence-electron chi connectivity index (χ2n) is 5.62. The molecule has 1 aromatic rings. The van der Waals surface area contributed by atoms with Gasteiger partial charge in [-0.2, -0.15) is 4.31 Å². The van der Waals surface area contributed by atoms with Gasteiger partial charge in [0.05, 0.1) is 15.6 Å². The average molecular weight is 406 g/mol. The van der Waals surface area contributed by atoms with Crippen molar-refractivity contribution in [3.8, 4) is 0 Å². The highest BCUT2D eigenvalue weighted by Crippen LogP contribution is 2.27. The van der Waals surface area contributed by atoms with Crippen molar-refractivity contribution in [2.75, 3.05) is 32.0 Å². The summed E-state index contributed by atoms with van der Waals surface area (Å²) in [4.78, 5) is 23.6. The standard InChI is InChI=1S/C16H25ClN4O4S/c1-5-21(6-2)26(24,25)12-7-8-13(17)14(9-12)20-16(23)11(3)19-10-15(22)18-4/h7-9,11,19H,5-6,10H2,1-4H3,(H,18,22)(H,20,23)/p+1/t11-/m1/s1. The largest absolute Gasteiger partial charge is 0.354 e. The van der Waals surface area contributed by atoms with E-state index in [4.69, 9.17) is 11.6 Å². The van der Waals surface area contributed by atoms with Gasteiger partial charge < -0.3 is 16.0 Å². The first kappa shape index (κ1) is 22.4. The van der Waals surface area contributed by atoms with Gasteiger partial charge in [-0.05, 0) is 25.1 Å². The summed E-state index contributed by atoms with van der Waals surface area (Å²) in [5, 5.41) is 6.89. The van der Waals surface area contributed by atoms with E-state index in [1.165, 1.54) is 29.6 Å². The van der Waals surface area contributed by atoms with Crippen molar-refractivity contribution in [3.63, 3.8) is 0 Å². The minimum Gasteiger partial charge on any atom is -0.354 e. The van der Waals surface area contributed by atoms with Crippen molar-refractivity contribution in [1.29, 1.82) is 0 Å². The van der Waals surface area contributed by atoms with Crippen LogP contribution in [-0.4, -0.2) is 57.3 Å². The predicted octanol–water partition coefficient (Wildman–Crippen LogP) is 0.00690. The summed E-state index contributed by atoms with van der Waals surface area (Å²) < 4.78 is 26.5. The fourth-order valence-electron chi connectivity index (χ4n) is 2.21. The Morgan fingerprint density at radius 3 is 2.42 bits per heavy atom. The lowest BCUT2D eigenvalue weighted by Gasteiger charge is -2.19. The molecule has 0 spiro atoms. The zero-order valence-corrected chi connectivity index (χ0v) is 16.9. The first-order valence-electron chi connectivity index (χ1n) is 8.31. The number of rotatable bonds is 9. The average Bonchev–Trinajstić information content (AvgIpc) is 2.61. The van der Waals surface area contributed by atoms with Gasteiger partial charge in [0.1, 0.15) is 0 Å². The number of carbonyl (C=O) groups excluding carboxylic acids is 2. The van der Waals surface area contributed by atoms with Crippen LogP contribution in [0.1, 0.15) is 20.8 Å². The molecule has 0 heterocycles. The maximum Gasteiger partial charge on any atom is 0.282 e. The fraction of sp³-hybridized carbons (Fsp3) is 0.500. The Morgan fingerprint density at radius 2 is 1.88 bits per heavy atom. The lowest BCUT2D eigenvalue weighted by Crippen LogP contribution is -2.93. The van der Waals surface area contributed by atoms with Crippen molar-refractivity contribution in [2.45, 2.75) is 31.7 Å². The summed E-state index contributed by atoms with van der Waals surface area (Å²) in [6, 6.07) is 3.64. The van der Waals surface area contributed by atoms with E-state index in [9.17, 15) is 18.0 Å². The van der Waals surface area contributed by atoms with Crippen LogP contribution in [-0.2, 0) is 19.6 Å². The molecule has 0 bridgehead atoms. The number of halogens is 1. The van der Waals surface area contributed by atoms with Gasteiger partial charge in [0.15, 0.2) is 12.6 Å². The van der Waals surface area contributed by atoms with Gasteiger partial charge in [0, 0.05) is 20.1 Å². The molecule has 8 nitrogen and oxygen atoms in total. The molecule has 0 saturated heterocycles. The van der Waals surface area contributed by atoms with Gasteiger partial charge in [-0.3, -0.25) is 9.59 Å². The molecule has 0 aliphatic carbocycles. The molecule has 26 heavy (non-hydrogen) atoms. The minimum atomic E-state index is -3.66. The van der Waals surface area contributed by atoms with Crippen LogP contribution in [0.2, 0.25) is 5.02 Å². The van der Waals surface area contributed by atoms with Crippen molar-refractivity contribution >= 4 is 39.1 Å². The van der Waals surface area contributed by atoms with E-state index in [0.717, 1.165) is 0 Å². The molecule has 0 radical (unpaired) electrons. The molecular formula is C16H26ClN4O4S+. The number of nitrogens with zero attached hydrogens (tertiary/aromatic N) is 1. The molecule has 1 rings (SSSR count). The first-order chi connectivity index (χ1) is 12.2. The maximum atomic E-state index is 12.6. The Morgan fingerprint density at radius 1 is 1.27 bits per heavy atom. The number of quaternary nitrogens is 1. The van der Waals surface area contributed by atoms with Gasteiger partial charge in [0.25, 0.3) is 11.8 Å². The van der Waals surface area contributed by atoms with Crippen molar-refractivity contribution in [2.24, 2.45) is 0 Å². The van der Waals surface area contributed by atoms with Gasteiger partial charge in [-0.25, -0.2) is 8.42 Å². The fourth-order valence-corrected chi connectivity index (χ4v) is 3.86. The monoisotopic (exact) mass is 405 g/mol. The van der Waals surface area contributed by atoms with Crippen LogP contribution in [0.15, 0.2) is 23.1 Å². The van der Waals surface area contributed by atoms with E-state index in [0.29, 0.717) is 13.1 Å². The first-order valence-corrected chi connectivity index (χ1v) is 10.1. The summed E-state index contributed by atoms with van der Waals surface area (Å²) >= 11 is 6.09. The van der Waals surface area contributed by atoms with Crippen molar-refractivity contribution in [1.82, 2.24) is 9.62 Å². The SMILES string of the molecule is CCN(CC)S(=O)(=O)c1ccc(Cl)c(NC(=O)[C@@H](C)[NH2+]CC(=O)NC)c1. The Labute approximate surface area is 159 Å². The number of benzene rings is 1. The quantitative estimate of drug-likeness (QED) is 0.537. The highest BCUT2D eigenvalue weighted by atomic mass is 35.5. The van der Waals surface area contributed by atoms with Gasteiger partial charge in [-0.1, -0.05) is 25.4 Å². The van der Waals surface area contributed by atoms with Crippen LogP contribution in [0.5, 0.6) is 0 Å². The van der Waals surface area contributed by atoms with E-state index < -0.39 is 16.1 Å². The molecular weight excluding hydrogens is 380 g/mol. The van der Waals surface area contributed by atoms with Crippen LogP contribution in [0.3, 0.4) is 0 Å². The number of sulfonamides is 1. The van der Waals surface area contributed by atoms with E-state index in [2.05, 4.69) is 10.6 Å². The highest BCUT2D eigenvalue weighted by Gasteiger charge is 2.24. The molecule has 1 atom stereocenters. The van der Waals surface area contributed by atoms with Crippen LogP contribution < -0.4 is 16.0 Å². The van der Waals surface area contributed by atoms with Crippen LogP contribution in [0, 0.1) is 0 Å². The van der Waals surface area contributed by atoms with E-state index in [1.807, 2.05) is 0 Å². The molecule has 0 fully saturated rings. The van der Waals surface area contributed by atoms with E-state index in [-0.39, 0.29) is 34.0 Å². The normalized spacial score (nSPS) is 12.7. The predicted molar refractivity (Wildman–Crippen MR) is 101 cm³/mol. The second kappa shape index (κ2) is 9.86. The summed E-state index contributed by atoms with van der Waals surface area (Å²) in [5.74, 6) is -0.580. The zero-order valence-electron chi connectivity index (χ0n) is 15.4. The number of carbonyl (C=O) groups is 2. The van der Waals surface area contributed by atoms with Gasteiger partial charge in [0.2, 0.25) is 10.0 Å². The molecule has 0 aliphatic heterocycles. The minimum absolute atomic E-state index is 0.0582. The molecule has 1 aromatic carbocycles. The van der Waals surface area contributed by atoms with Gasteiger partial charge >= 0.3 is 0 Å². The topological polar surface area (TPSA) is 112 Å². The Hall–Kier alpha value is -1.68. The zero-order chi connectivity index (χ0) is 19.9. The number of hydrogen-bond donors (Lipinski definition) is 3.